The fraction of sp³-hybridized carbons (Fsp3) is 0.111. The third kappa shape index (κ3) is 1.54. The minimum Gasteiger partial charge on any atom is -0.478 e. The molecule has 0 spiro atoms. The number of alkyl halides is 2. The van der Waals surface area contributed by atoms with E-state index in [1.54, 1.807) is 0 Å². The smallest absolute Gasteiger partial charge is 0.335 e. The van der Waals surface area contributed by atoms with Crippen LogP contribution >= 0.6 is 0 Å². The maximum atomic E-state index is 12.4. The second-order valence-corrected chi connectivity index (χ2v) is 2.94. The number of hydrogen-bond acceptors (Lipinski definition) is 2. The van der Waals surface area contributed by atoms with Crippen molar-refractivity contribution in [3.63, 3.8) is 0 Å². The summed E-state index contributed by atoms with van der Waals surface area (Å²) in [6.07, 6.45) is 0.987. The van der Waals surface area contributed by atoms with Crippen molar-refractivity contribution in [1.82, 2.24) is 9.55 Å². The van der Waals surface area contributed by atoms with Gasteiger partial charge in [-0.05, 0) is 18.2 Å². The third-order valence-corrected chi connectivity index (χ3v) is 2.03. The Balaban J connectivity index is 2.61. The van der Waals surface area contributed by atoms with Crippen molar-refractivity contribution in [2.45, 2.75) is 6.55 Å². The van der Waals surface area contributed by atoms with Gasteiger partial charge in [0.1, 0.15) is 6.33 Å². The average molecular weight is 212 g/mol. The van der Waals surface area contributed by atoms with Gasteiger partial charge in [0.25, 0.3) is 0 Å². The summed E-state index contributed by atoms with van der Waals surface area (Å²) in [5.41, 5.74) is 0.493. The van der Waals surface area contributed by atoms with E-state index in [4.69, 9.17) is 5.11 Å². The number of benzene rings is 1. The molecule has 15 heavy (non-hydrogen) atoms. The molecule has 1 aromatic carbocycles. The Hall–Kier alpha value is -1.98. The number of carbonyl (C=O) groups is 1. The van der Waals surface area contributed by atoms with Crippen molar-refractivity contribution in [1.29, 1.82) is 0 Å². The minimum absolute atomic E-state index is 0.0296. The van der Waals surface area contributed by atoms with E-state index in [0.29, 0.717) is 4.57 Å². The summed E-state index contributed by atoms with van der Waals surface area (Å²) >= 11 is 0. The van der Waals surface area contributed by atoms with Gasteiger partial charge in [-0.2, -0.15) is 8.78 Å². The summed E-state index contributed by atoms with van der Waals surface area (Å²) in [6, 6.07) is 3.85. The highest BCUT2D eigenvalue weighted by Crippen LogP contribution is 2.20. The second-order valence-electron chi connectivity index (χ2n) is 2.94. The van der Waals surface area contributed by atoms with Gasteiger partial charge in [0.2, 0.25) is 0 Å². The van der Waals surface area contributed by atoms with Crippen molar-refractivity contribution in [3.8, 4) is 0 Å². The number of carboxylic acid groups (broad SMARTS) is 1. The molecule has 0 aliphatic heterocycles. The summed E-state index contributed by atoms with van der Waals surface area (Å²) in [5.74, 6) is -1.11. The van der Waals surface area contributed by atoms with Crippen LogP contribution < -0.4 is 0 Å². The molecule has 0 aliphatic carbocycles. The molecule has 2 rings (SSSR count). The zero-order valence-electron chi connectivity index (χ0n) is 7.39. The van der Waals surface area contributed by atoms with Gasteiger partial charge in [0.05, 0.1) is 16.6 Å². The van der Waals surface area contributed by atoms with E-state index in [0.717, 1.165) is 6.33 Å². The number of fused-ring (bicyclic) bond motifs is 1. The number of imidazole rings is 1. The van der Waals surface area contributed by atoms with Crippen molar-refractivity contribution in [2.24, 2.45) is 0 Å². The quantitative estimate of drug-likeness (QED) is 0.829. The molecule has 0 amide bonds. The first kappa shape index (κ1) is 9.57. The maximum absolute atomic E-state index is 12.4. The van der Waals surface area contributed by atoms with E-state index < -0.39 is 12.5 Å². The van der Waals surface area contributed by atoms with Gasteiger partial charge in [0, 0.05) is 0 Å². The van der Waals surface area contributed by atoms with Crippen LogP contribution in [0.3, 0.4) is 0 Å². The van der Waals surface area contributed by atoms with Crippen molar-refractivity contribution >= 4 is 17.0 Å². The number of rotatable bonds is 2. The van der Waals surface area contributed by atoms with Crippen LogP contribution in [0.15, 0.2) is 24.5 Å². The van der Waals surface area contributed by atoms with E-state index in [-0.39, 0.29) is 16.6 Å². The summed E-state index contributed by atoms with van der Waals surface area (Å²) < 4.78 is 25.5. The van der Waals surface area contributed by atoms with Crippen LogP contribution in [0.5, 0.6) is 0 Å². The van der Waals surface area contributed by atoms with Gasteiger partial charge < -0.3 is 5.11 Å². The van der Waals surface area contributed by atoms with Crippen LogP contribution in [0.1, 0.15) is 16.9 Å². The molecule has 78 valence electrons. The fourth-order valence-electron chi connectivity index (χ4n) is 1.32. The molecule has 2 aromatic rings. The lowest BCUT2D eigenvalue weighted by atomic mass is 10.2. The molecule has 0 atom stereocenters. The highest BCUT2D eigenvalue weighted by atomic mass is 19.3. The van der Waals surface area contributed by atoms with Crippen molar-refractivity contribution in [3.05, 3.63) is 30.1 Å². The van der Waals surface area contributed by atoms with Crippen molar-refractivity contribution in [2.75, 3.05) is 0 Å². The highest BCUT2D eigenvalue weighted by molar-refractivity contribution is 5.92. The predicted octanol–water partition coefficient (Wildman–Crippen LogP) is 2.13. The van der Waals surface area contributed by atoms with E-state index in [2.05, 4.69) is 4.98 Å². The van der Waals surface area contributed by atoms with Gasteiger partial charge in [-0.25, -0.2) is 9.78 Å². The highest BCUT2D eigenvalue weighted by Gasteiger charge is 2.12. The predicted molar refractivity (Wildman–Crippen MR) is 47.9 cm³/mol. The second kappa shape index (κ2) is 3.30. The first-order chi connectivity index (χ1) is 7.09. The van der Waals surface area contributed by atoms with Gasteiger partial charge >= 0.3 is 12.5 Å². The standard InChI is InChI=1S/C9H6F2N2O2/c10-9(11)13-4-12-6-3-5(8(14)15)1-2-7(6)13/h1-4,9H,(H,14,15). The topological polar surface area (TPSA) is 55.1 Å². The molecule has 1 aromatic heterocycles. The lowest BCUT2D eigenvalue weighted by molar-refractivity contribution is 0.0696. The molecule has 0 fully saturated rings. The fourth-order valence-corrected chi connectivity index (χ4v) is 1.32. The number of halogens is 2. The summed E-state index contributed by atoms with van der Waals surface area (Å²) in [6.45, 7) is -2.68. The molecule has 1 heterocycles. The van der Waals surface area contributed by atoms with Crippen LogP contribution in [-0.2, 0) is 0 Å². The maximum Gasteiger partial charge on any atom is 0.335 e. The van der Waals surface area contributed by atoms with Gasteiger partial charge in [0.15, 0.2) is 0 Å². The lowest BCUT2D eigenvalue weighted by Crippen LogP contribution is -1.97. The van der Waals surface area contributed by atoms with Gasteiger partial charge in [-0.3, -0.25) is 4.57 Å². The lowest BCUT2D eigenvalue weighted by Gasteiger charge is -2.01. The molecular weight excluding hydrogens is 206 g/mol. The SMILES string of the molecule is O=C(O)c1ccc2c(c1)ncn2C(F)F. The Morgan fingerprint density at radius 2 is 2.20 bits per heavy atom. The van der Waals surface area contributed by atoms with Crippen LogP contribution in [0.2, 0.25) is 0 Å². The molecule has 0 aliphatic rings. The van der Waals surface area contributed by atoms with Gasteiger partial charge in [-0.15, -0.1) is 0 Å². The number of aromatic nitrogens is 2. The van der Waals surface area contributed by atoms with E-state index >= 15 is 0 Å². The molecule has 0 saturated carbocycles. The number of carboxylic acids is 1. The zero-order chi connectivity index (χ0) is 11.0. The van der Waals surface area contributed by atoms with Crippen LogP contribution in [-0.4, -0.2) is 20.6 Å². The Bertz CT molecular complexity index is 522. The van der Waals surface area contributed by atoms with Crippen LogP contribution in [0, 0.1) is 0 Å². The average Bonchev–Trinajstić information content (AvgIpc) is 2.59. The molecule has 6 heteroatoms. The van der Waals surface area contributed by atoms with E-state index in [9.17, 15) is 13.6 Å². The molecular formula is C9H6F2N2O2. The summed E-state index contributed by atoms with van der Waals surface area (Å²) in [5, 5.41) is 8.68. The number of nitrogens with zero attached hydrogens (tertiary/aromatic N) is 2. The first-order valence-corrected chi connectivity index (χ1v) is 4.07. The molecule has 0 saturated heterocycles. The van der Waals surface area contributed by atoms with Crippen LogP contribution in [0.25, 0.3) is 11.0 Å². The molecule has 4 nitrogen and oxygen atoms in total. The summed E-state index contributed by atoms with van der Waals surface area (Å²) in [4.78, 5) is 14.3. The van der Waals surface area contributed by atoms with Crippen molar-refractivity contribution < 1.29 is 18.7 Å². The molecule has 0 bridgehead atoms. The molecule has 0 unspecified atom stereocenters. The normalized spacial score (nSPS) is 11.1. The number of hydrogen-bond donors (Lipinski definition) is 1. The molecule has 1 N–H and O–H groups in total. The van der Waals surface area contributed by atoms with E-state index in [1.807, 2.05) is 0 Å². The Morgan fingerprint density at radius 3 is 2.80 bits per heavy atom. The number of aromatic carboxylic acids is 1. The Labute approximate surface area is 82.8 Å². The van der Waals surface area contributed by atoms with Gasteiger partial charge in [-0.1, -0.05) is 0 Å². The largest absolute Gasteiger partial charge is 0.478 e. The summed E-state index contributed by atoms with van der Waals surface area (Å²) in [7, 11) is 0. The minimum atomic E-state index is -2.68. The van der Waals surface area contributed by atoms with E-state index in [1.165, 1.54) is 18.2 Å². The van der Waals surface area contributed by atoms with Crippen LogP contribution in [0.4, 0.5) is 8.78 Å². The monoisotopic (exact) mass is 212 g/mol. The third-order valence-electron chi connectivity index (χ3n) is 2.03. The Kier molecular flexibility index (Phi) is 2.11. The zero-order valence-corrected chi connectivity index (χ0v) is 7.39. The first-order valence-electron chi connectivity index (χ1n) is 4.07. The molecule has 0 radical (unpaired) electrons. The Morgan fingerprint density at radius 1 is 1.47 bits per heavy atom.